The third kappa shape index (κ3) is 3.76. The smallest absolute Gasteiger partial charge is 0.245 e. The summed E-state index contributed by atoms with van der Waals surface area (Å²) in [6, 6.07) is -0.307. The molecule has 120 valence electrons. The highest BCUT2D eigenvalue weighted by Crippen LogP contribution is 2.23. The van der Waals surface area contributed by atoms with E-state index in [1.165, 1.54) is 0 Å². The van der Waals surface area contributed by atoms with Gasteiger partial charge in [0, 0.05) is 26.1 Å². The van der Waals surface area contributed by atoms with Crippen molar-refractivity contribution in [2.24, 2.45) is 5.92 Å². The first-order chi connectivity index (χ1) is 10.0. The number of amides is 2. The predicted molar refractivity (Wildman–Crippen MR) is 80.6 cm³/mol. The average Bonchev–Trinajstić information content (AvgIpc) is 2.49. The number of β-amino-alcohol motifs (C(OH)–C–C–N with tert-alkyl or cyclic N) is 1. The van der Waals surface area contributed by atoms with E-state index in [9.17, 15) is 14.7 Å². The van der Waals surface area contributed by atoms with E-state index in [-0.39, 0.29) is 23.8 Å². The van der Waals surface area contributed by atoms with Gasteiger partial charge in [-0.1, -0.05) is 13.8 Å². The minimum Gasteiger partial charge on any atom is -0.391 e. The molecule has 5 heteroatoms. The fraction of sp³-hybridized carbons (Fsp3) is 0.875. The molecule has 21 heavy (non-hydrogen) atoms. The van der Waals surface area contributed by atoms with E-state index in [1.807, 2.05) is 13.8 Å². The van der Waals surface area contributed by atoms with Gasteiger partial charge in [0.15, 0.2) is 0 Å². The van der Waals surface area contributed by atoms with Gasteiger partial charge in [-0.05, 0) is 38.0 Å². The summed E-state index contributed by atoms with van der Waals surface area (Å²) < 4.78 is 0. The highest BCUT2D eigenvalue weighted by Gasteiger charge is 2.36. The largest absolute Gasteiger partial charge is 0.391 e. The molecule has 0 saturated carbocycles. The molecule has 0 bridgehead atoms. The van der Waals surface area contributed by atoms with Gasteiger partial charge in [-0.2, -0.15) is 0 Å². The number of aliphatic hydroxyl groups is 1. The lowest BCUT2D eigenvalue weighted by molar-refractivity contribution is -0.150. The summed E-state index contributed by atoms with van der Waals surface area (Å²) in [5.74, 6) is 0.379. The third-order valence-electron chi connectivity index (χ3n) is 4.80. The number of piperidine rings is 2. The highest BCUT2D eigenvalue weighted by molar-refractivity contribution is 5.88. The van der Waals surface area contributed by atoms with Gasteiger partial charge in [0.1, 0.15) is 6.04 Å². The van der Waals surface area contributed by atoms with Crippen LogP contribution >= 0.6 is 0 Å². The van der Waals surface area contributed by atoms with Crippen molar-refractivity contribution in [3.05, 3.63) is 0 Å². The van der Waals surface area contributed by atoms with Crippen molar-refractivity contribution in [1.29, 1.82) is 0 Å². The zero-order chi connectivity index (χ0) is 15.4. The van der Waals surface area contributed by atoms with Crippen molar-refractivity contribution < 1.29 is 14.7 Å². The van der Waals surface area contributed by atoms with Crippen molar-refractivity contribution in [3.63, 3.8) is 0 Å². The molecule has 2 heterocycles. The molecule has 2 amide bonds. The number of rotatable bonds is 3. The van der Waals surface area contributed by atoms with Gasteiger partial charge < -0.3 is 14.9 Å². The molecule has 0 aliphatic carbocycles. The third-order valence-corrected chi connectivity index (χ3v) is 4.80. The minimum atomic E-state index is -0.439. The average molecular weight is 296 g/mol. The lowest BCUT2D eigenvalue weighted by Gasteiger charge is -2.41. The molecular formula is C16H28N2O3. The van der Waals surface area contributed by atoms with Gasteiger partial charge in [0.05, 0.1) is 6.10 Å². The van der Waals surface area contributed by atoms with Crippen LogP contribution in [-0.2, 0) is 9.59 Å². The van der Waals surface area contributed by atoms with Gasteiger partial charge in [0.2, 0.25) is 11.8 Å². The number of hydrogen-bond acceptors (Lipinski definition) is 3. The Kier molecular flexibility index (Phi) is 5.62. The topological polar surface area (TPSA) is 60.9 Å². The number of nitrogens with zero attached hydrogens (tertiary/aromatic N) is 2. The second-order valence-corrected chi connectivity index (χ2v) is 6.47. The lowest BCUT2D eigenvalue weighted by atomic mass is 9.94. The minimum absolute atomic E-state index is 0.0325. The Bertz CT molecular complexity index is 386. The van der Waals surface area contributed by atoms with Crippen LogP contribution in [0.25, 0.3) is 0 Å². The van der Waals surface area contributed by atoms with Crippen LogP contribution < -0.4 is 0 Å². The standard InChI is InChI=1S/C16H28N2O3/c1-3-6-15(20)18-9-5-4-7-13(18)16(21)17-10-8-12(2)14(19)11-17/h12-14,19H,3-11H2,1-2H3. The van der Waals surface area contributed by atoms with E-state index in [0.717, 1.165) is 32.1 Å². The van der Waals surface area contributed by atoms with Crippen LogP contribution in [0.5, 0.6) is 0 Å². The number of carbonyl (C=O) groups is 2. The van der Waals surface area contributed by atoms with E-state index in [0.29, 0.717) is 26.1 Å². The monoisotopic (exact) mass is 296 g/mol. The fourth-order valence-electron chi connectivity index (χ4n) is 3.30. The lowest BCUT2D eigenvalue weighted by Crippen LogP contribution is -2.56. The SMILES string of the molecule is CCCC(=O)N1CCCCC1C(=O)N1CCC(C)C(O)C1. The molecule has 2 saturated heterocycles. The molecule has 1 N–H and O–H groups in total. The fourth-order valence-corrected chi connectivity index (χ4v) is 3.30. The first-order valence-corrected chi connectivity index (χ1v) is 8.31. The van der Waals surface area contributed by atoms with Crippen LogP contribution in [0.4, 0.5) is 0 Å². The van der Waals surface area contributed by atoms with Crippen LogP contribution in [0.15, 0.2) is 0 Å². The van der Waals surface area contributed by atoms with Gasteiger partial charge >= 0.3 is 0 Å². The summed E-state index contributed by atoms with van der Waals surface area (Å²) >= 11 is 0. The Morgan fingerprint density at radius 1 is 1.19 bits per heavy atom. The van der Waals surface area contributed by atoms with Gasteiger partial charge in [0.25, 0.3) is 0 Å². The number of likely N-dealkylation sites (tertiary alicyclic amines) is 2. The molecule has 2 aliphatic heterocycles. The maximum absolute atomic E-state index is 12.7. The second kappa shape index (κ2) is 7.25. The molecule has 0 aromatic carbocycles. The summed E-state index contributed by atoms with van der Waals surface area (Å²) in [5, 5.41) is 9.98. The maximum atomic E-state index is 12.7. The maximum Gasteiger partial charge on any atom is 0.245 e. The van der Waals surface area contributed by atoms with E-state index in [4.69, 9.17) is 0 Å². The molecule has 3 unspecified atom stereocenters. The van der Waals surface area contributed by atoms with E-state index in [1.54, 1.807) is 9.80 Å². The molecule has 3 atom stereocenters. The van der Waals surface area contributed by atoms with Crippen LogP contribution in [-0.4, -0.2) is 58.5 Å². The van der Waals surface area contributed by atoms with Gasteiger partial charge in [-0.3, -0.25) is 9.59 Å². The molecule has 2 rings (SSSR count). The van der Waals surface area contributed by atoms with E-state index in [2.05, 4.69) is 0 Å². The Balaban J connectivity index is 2.03. The Morgan fingerprint density at radius 2 is 1.95 bits per heavy atom. The van der Waals surface area contributed by atoms with Gasteiger partial charge in [-0.15, -0.1) is 0 Å². The summed E-state index contributed by atoms with van der Waals surface area (Å²) in [6.07, 6.45) is 4.47. The Hall–Kier alpha value is -1.10. The Morgan fingerprint density at radius 3 is 2.62 bits per heavy atom. The summed E-state index contributed by atoms with van der Waals surface area (Å²) in [6.45, 7) is 5.81. The van der Waals surface area contributed by atoms with Crippen LogP contribution in [0.1, 0.15) is 52.4 Å². The number of hydrogen-bond donors (Lipinski definition) is 1. The van der Waals surface area contributed by atoms with Crippen molar-refractivity contribution in [3.8, 4) is 0 Å². The molecule has 0 spiro atoms. The first-order valence-electron chi connectivity index (χ1n) is 8.31. The van der Waals surface area contributed by atoms with E-state index >= 15 is 0 Å². The summed E-state index contributed by atoms with van der Waals surface area (Å²) in [7, 11) is 0. The zero-order valence-corrected chi connectivity index (χ0v) is 13.3. The molecule has 0 aromatic rings. The van der Waals surface area contributed by atoms with Crippen molar-refractivity contribution in [2.75, 3.05) is 19.6 Å². The molecule has 0 aromatic heterocycles. The van der Waals surface area contributed by atoms with Crippen molar-refractivity contribution in [2.45, 2.75) is 64.5 Å². The number of carbonyl (C=O) groups excluding carboxylic acids is 2. The summed E-state index contributed by atoms with van der Waals surface area (Å²) in [4.78, 5) is 28.5. The summed E-state index contributed by atoms with van der Waals surface area (Å²) in [5.41, 5.74) is 0. The normalized spacial score (nSPS) is 30.3. The molecule has 2 aliphatic rings. The van der Waals surface area contributed by atoms with Gasteiger partial charge in [-0.25, -0.2) is 0 Å². The predicted octanol–water partition coefficient (Wildman–Crippen LogP) is 1.40. The van der Waals surface area contributed by atoms with E-state index < -0.39 is 6.10 Å². The Labute approximate surface area is 127 Å². The highest BCUT2D eigenvalue weighted by atomic mass is 16.3. The second-order valence-electron chi connectivity index (χ2n) is 6.47. The van der Waals surface area contributed by atoms with Crippen LogP contribution in [0.3, 0.4) is 0 Å². The van der Waals surface area contributed by atoms with Crippen molar-refractivity contribution >= 4 is 11.8 Å². The first kappa shape index (κ1) is 16.3. The van der Waals surface area contributed by atoms with Crippen LogP contribution in [0, 0.1) is 5.92 Å². The number of aliphatic hydroxyl groups excluding tert-OH is 1. The quantitative estimate of drug-likeness (QED) is 0.856. The molecule has 2 fully saturated rings. The van der Waals surface area contributed by atoms with Crippen molar-refractivity contribution in [1.82, 2.24) is 9.80 Å². The van der Waals surface area contributed by atoms with Crippen LogP contribution in [0.2, 0.25) is 0 Å². The molecular weight excluding hydrogens is 268 g/mol. The molecule has 5 nitrogen and oxygen atoms in total. The zero-order valence-electron chi connectivity index (χ0n) is 13.3. The molecule has 0 radical (unpaired) electrons.